The van der Waals surface area contributed by atoms with Crippen LogP contribution in [-0.4, -0.2) is 83.7 Å². The number of amides is 4. The Morgan fingerprint density at radius 3 is 2.53 bits per heavy atom. The van der Waals surface area contributed by atoms with Gasteiger partial charge in [0.05, 0.1) is 11.0 Å². The molecule has 4 unspecified atom stereocenters. The van der Waals surface area contributed by atoms with E-state index in [1.807, 2.05) is 18.9 Å². The molecule has 4 atom stereocenters. The van der Waals surface area contributed by atoms with Gasteiger partial charge in [0.25, 0.3) is 5.91 Å². The minimum Gasteiger partial charge on any atom is -0.351 e. The number of aromatic nitrogens is 1. The number of hydrogen-bond donors (Lipinski definition) is 4. The molecule has 0 spiro atoms. The molecule has 2 heterocycles. The van der Waals surface area contributed by atoms with Crippen molar-refractivity contribution in [2.45, 2.75) is 110 Å². The number of rotatable bonds is 19. The number of hydrogen-bond acceptors (Lipinski definition) is 8. The van der Waals surface area contributed by atoms with E-state index in [2.05, 4.69) is 39.8 Å². The van der Waals surface area contributed by atoms with Crippen LogP contribution >= 0.6 is 11.3 Å². The number of likely N-dealkylation sites (N-methyl/N-ethyl adjacent to an activating group) is 1. The first-order valence-electron chi connectivity index (χ1n) is 16.1. The predicted octanol–water partition coefficient (Wildman–Crippen LogP) is 3.25. The summed E-state index contributed by atoms with van der Waals surface area (Å²) in [7, 11) is 1.99. The molecule has 0 aliphatic carbocycles. The Kier molecular flexibility index (Phi) is 16.7. The van der Waals surface area contributed by atoms with Gasteiger partial charge in [0, 0.05) is 37.4 Å². The molecule has 1 fully saturated rings. The van der Waals surface area contributed by atoms with Gasteiger partial charge in [-0.3, -0.25) is 29.5 Å². The van der Waals surface area contributed by atoms with E-state index in [1.54, 1.807) is 12.3 Å². The molecule has 5 N–H and O–H groups in total. The second-order valence-corrected chi connectivity index (χ2v) is 12.9. The van der Waals surface area contributed by atoms with Gasteiger partial charge in [0.15, 0.2) is 0 Å². The van der Waals surface area contributed by atoms with Crippen molar-refractivity contribution < 1.29 is 19.2 Å². The number of nitrogens with zero attached hydrogens (tertiary/aromatic N) is 3. The third-order valence-electron chi connectivity index (χ3n) is 8.50. The fourth-order valence-corrected chi connectivity index (χ4v) is 6.14. The van der Waals surface area contributed by atoms with Crippen molar-refractivity contribution in [1.29, 1.82) is 0 Å². The fourth-order valence-electron chi connectivity index (χ4n) is 5.31. The molecule has 1 aliphatic heterocycles. The Bertz CT molecular complexity index is 1020. The van der Waals surface area contributed by atoms with E-state index in [4.69, 9.17) is 5.84 Å². The van der Waals surface area contributed by atoms with Gasteiger partial charge in [-0.15, -0.1) is 11.3 Å². The second kappa shape index (κ2) is 19.7. The fraction of sp³-hybridized carbons (Fsp3) is 0.774. The molecule has 0 aromatic carbocycles. The van der Waals surface area contributed by atoms with Crippen LogP contribution in [0.2, 0.25) is 0 Å². The van der Waals surface area contributed by atoms with Crippen molar-refractivity contribution >= 4 is 35.0 Å². The van der Waals surface area contributed by atoms with E-state index in [1.165, 1.54) is 11.3 Å². The predicted molar refractivity (Wildman–Crippen MR) is 171 cm³/mol. The summed E-state index contributed by atoms with van der Waals surface area (Å²) < 4.78 is 0. The van der Waals surface area contributed by atoms with Crippen molar-refractivity contribution in [3.63, 3.8) is 0 Å². The van der Waals surface area contributed by atoms with Crippen molar-refractivity contribution in [3.8, 4) is 0 Å². The van der Waals surface area contributed by atoms with Crippen LogP contribution in [-0.2, 0) is 20.8 Å². The molecule has 1 aromatic rings. The van der Waals surface area contributed by atoms with Gasteiger partial charge in [-0.2, -0.15) is 0 Å². The van der Waals surface area contributed by atoms with Crippen molar-refractivity contribution in [2.24, 2.45) is 17.7 Å². The van der Waals surface area contributed by atoms with E-state index in [-0.39, 0.29) is 41.5 Å². The molecule has 1 saturated heterocycles. The van der Waals surface area contributed by atoms with Crippen LogP contribution in [0.3, 0.4) is 0 Å². The zero-order valence-corrected chi connectivity index (χ0v) is 27.8. The third kappa shape index (κ3) is 12.1. The Labute approximate surface area is 262 Å². The number of thiazole rings is 1. The SMILES string of the molecule is CCCCCCN(CCCc1nc(C(=O)NCCC(C)C(=O)NN)cs1)C(=O)C(NC(=O)C1CCCCN1C)C(C)CC. The number of aryl methyl sites for hydroxylation is 1. The highest BCUT2D eigenvalue weighted by atomic mass is 32.1. The van der Waals surface area contributed by atoms with Gasteiger partial charge in [0.2, 0.25) is 17.7 Å². The Balaban J connectivity index is 1.99. The lowest BCUT2D eigenvalue weighted by Crippen LogP contribution is -2.57. The minimum absolute atomic E-state index is 0.00517. The van der Waals surface area contributed by atoms with Crippen LogP contribution in [0.1, 0.15) is 107 Å². The van der Waals surface area contributed by atoms with E-state index in [0.29, 0.717) is 44.6 Å². The average Bonchev–Trinajstić information content (AvgIpc) is 3.49. The molecular weight excluding hydrogens is 566 g/mol. The molecule has 1 aliphatic rings. The van der Waals surface area contributed by atoms with Crippen LogP contribution in [0, 0.1) is 11.8 Å². The normalized spacial score (nSPS) is 17.5. The highest BCUT2D eigenvalue weighted by Crippen LogP contribution is 2.19. The first-order chi connectivity index (χ1) is 20.6. The highest BCUT2D eigenvalue weighted by Gasteiger charge is 2.33. The number of nitrogens with one attached hydrogen (secondary N) is 3. The standard InChI is InChI=1S/C31H55N7O4S/c1-6-8-9-11-19-38(31(42)27(22(3)7-2)35-30(41)25-14-10-12-18-37(25)5)20-13-15-26-34-24(21-43-26)29(40)33-17-16-23(4)28(39)36-32/h21-23,25,27H,6-20,32H2,1-5H3,(H,33,40)(H,35,41)(H,36,39). The van der Waals surface area contributed by atoms with Crippen LogP contribution in [0.15, 0.2) is 5.38 Å². The van der Waals surface area contributed by atoms with E-state index < -0.39 is 6.04 Å². The third-order valence-corrected chi connectivity index (χ3v) is 9.41. The van der Waals surface area contributed by atoms with E-state index >= 15 is 0 Å². The maximum Gasteiger partial charge on any atom is 0.270 e. The molecule has 244 valence electrons. The molecule has 0 saturated carbocycles. The van der Waals surface area contributed by atoms with Crippen molar-refractivity contribution in [2.75, 3.05) is 33.2 Å². The van der Waals surface area contributed by atoms with E-state index in [9.17, 15) is 19.2 Å². The molecule has 0 radical (unpaired) electrons. The summed E-state index contributed by atoms with van der Waals surface area (Å²) in [6.07, 6.45) is 9.83. The van der Waals surface area contributed by atoms with Crippen molar-refractivity contribution in [3.05, 3.63) is 16.1 Å². The Morgan fingerprint density at radius 2 is 1.86 bits per heavy atom. The number of unbranched alkanes of at least 4 members (excludes halogenated alkanes) is 3. The van der Waals surface area contributed by atoms with Gasteiger partial charge in [-0.25, -0.2) is 10.8 Å². The van der Waals surface area contributed by atoms with Crippen molar-refractivity contribution in [1.82, 2.24) is 30.8 Å². The number of carbonyl (C=O) groups excluding carboxylic acids is 4. The van der Waals surface area contributed by atoms with Crippen LogP contribution in [0.4, 0.5) is 0 Å². The molecule has 2 rings (SSSR count). The molecule has 1 aromatic heterocycles. The largest absolute Gasteiger partial charge is 0.351 e. The lowest BCUT2D eigenvalue weighted by atomic mass is 9.95. The van der Waals surface area contributed by atoms with Crippen LogP contribution < -0.4 is 21.9 Å². The van der Waals surface area contributed by atoms with Crippen LogP contribution in [0.5, 0.6) is 0 Å². The number of piperidine rings is 1. The summed E-state index contributed by atoms with van der Waals surface area (Å²) in [5.74, 6) is 4.30. The topological polar surface area (TPSA) is 150 Å². The molecule has 11 nitrogen and oxygen atoms in total. The molecular formula is C31H55N7O4S. The van der Waals surface area contributed by atoms with Gasteiger partial charge >= 0.3 is 0 Å². The quantitative estimate of drug-likeness (QED) is 0.0802. The molecule has 0 bridgehead atoms. The summed E-state index contributed by atoms with van der Waals surface area (Å²) in [5, 5.41) is 8.54. The number of likely N-dealkylation sites (tertiary alicyclic amines) is 1. The first kappa shape index (κ1) is 36.6. The first-order valence-corrected chi connectivity index (χ1v) is 17.0. The summed E-state index contributed by atoms with van der Waals surface area (Å²) in [5.41, 5.74) is 2.48. The molecule has 4 amide bonds. The highest BCUT2D eigenvalue weighted by molar-refractivity contribution is 7.09. The Morgan fingerprint density at radius 1 is 1.12 bits per heavy atom. The molecule has 12 heteroatoms. The average molecular weight is 622 g/mol. The lowest BCUT2D eigenvalue weighted by molar-refractivity contribution is -0.139. The zero-order chi connectivity index (χ0) is 31.8. The number of carbonyl (C=O) groups is 4. The number of nitrogens with two attached hydrogens (primary N) is 1. The monoisotopic (exact) mass is 621 g/mol. The zero-order valence-electron chi connectivity index (χ0n) is 27.0. The van der Waals surface area contributed by atoms with E-state index in [0.717, 1.165) is 62.9 Å². The number of hydrazine groups is 1. The van der Waals surface area contributed by atoms with Crippen LogP contribution in [0.25, 0.3) is 0 Å². The lowest BCUT2D eigenvalue weighted by Gasteiger charge is -2.35. The smallest absolute Gasteiger partial charge is 0.270 e. The Hall–Kier alpha value is -2.57. The minimum atomic E-state index is -0.548. The van der Waals surface area contributed by atoms with Gasteiger partial charge < -0.3 is 15.5 Å². The summed E-state index contributed by atoms with van der Waals surface area (Å²) in [4.78, 5) is 59.8. The maximum absolute atomic E-state index is 14.0. The summed E-state index contributed by atoms with van der Waals surface area (Å²) in [6, 6.07) is -0.732. The van der Waals surface area contributed by atoms with Gasteiger partial charge in [-0.05, 0) is 51.6 Å². The van der Waals surface area contributed by atoms with Gasteiger partial charge in [0.1, 0.15) is 11.7 Å². The molecule has 43 heavy (non-hydrogen) atoms. The summed E-state index contributed by atoms with van der Waals surface area (Å²) >= 11 is 1.43. The second-order valence-electron chi connectivity index (χ2n) is 11.9. The summed E-state index contributed by atoms with van der Waals surface area (Å²) in [6.45, 7) is 10.5. The van der Waals surface area contributed by atoms with Gasteiger partial charge in [-0.1, -0.05) is 59.8 Å². The maximum atomic E-state index is 14.0.